The molecule has 0 aliphatic heterocycles. The topological polar surface area (TPSA) is 52.0 Å². The molecule has 2 nitrogen and oxygen atoms in total. The molecule has 1 aliphatic carbocycles. The second-order valence-electron chi connectivity index (χ2n) is 2.61. The summed E-state index contributed by atoms with van der Waals surface area (Å²) in [5.41, 5.74) is 11.3. The molecule has 0 aromatic heterocycles. The van der Waals surface area contributed by atoms with Crippen molar-refractivity contribution in [1.82, 2.24) is 0 Å². The van der Waals surface area contributed by atoms with E-state index in [1.807, 2.05) is 0 Å². The van der Waals surface area contributed by atoms with Crippen LogP contribution in [-0.2, 0) is 0 Å². The highest BCUT2D eigenvalue weighted by Gasteiger charge is 2.16. The van der Waals surface area contributed by atoms with Crippen LogP contribution in [0.2, 0.25) is 0 Å². The normalized spacial score (nSPS) is 39.8. The molecule has 0 aromatic carbocycles. The van der Waals surface area contributed by atoms with E-state index >= 15 is 0 Å². The molecule has 0 saturated heterocycles. The minimum absolute atomic E-state index is 0.281. The maximum absolute atomic E-state index is 5.65. The summed E-state index contributed by atoms with van der Waals surface area (Å²) in [6, 6.07) is 0.562. The van der Waals surface area contributed by atoms with Crippen LogP contribution in [0.1, 0.15) is 25.7 Å². The van der Waals surface area contributed by atoms with Crippen molar-refractivity contribution in [3.8, 4) is 0 Å². The first-order valence-corrected chi connectivity index (χ1v) is 3.32. The van der Waals surface area contributed by atoms with E-state index in [9.17, 15) is 0 Å². The predicted molar refractivity (Wildman–Crippen MR) is 34.4 cm³/mol. The molecule has 0 aromatic rings. The molecular weight excluding hydrogens is 100 g/mol. The van der Waals surface area contributed by atoms with Crippen molar-refractivity contribution < 1.29 is 0 Å². The molecular formula is C6H14N2. The van der Waals surface area contributed by atoms with E-state index in [1.54, 1.807) is 0 Å². The number of rotatable bonds is 0. The van der Waals surface area contributed by atoms with Crippen molar-refractivity contribution in [2.45, 2.75) is 37.8 Å². The Bertz CT molecular complexity index is 62.9. The van der Waals surface area contributed by atoms with Crippen molar-refractivity contribution in [2.24, 2.45) is 11.5 Å². The first-order valence-electron chi connectivity index (χ1n) is 3.32. The summed E-state index contributed by atoms with van der Waals surface area (Å²) >= 11 is 0. The van der Waals surface area contributed by atoms with Crippen LogP contribution in [-0.4, -0.2) is 12.1 Å². The smallest absolute Gasteiger partial charge is 0.0192 e. The number of nitrogens with two attached hydrogens (primary N) is 2. The molecule has 8 heavy (non-hydrogen) atoms. The van der Waals surface area contributed by atoms with Gasteiger partial charge in [-0.05, 0) is 12.8 Å². The molecule has 0 radical (unpaired) electrons. The van der Waals surface area contributed by atoms with E-state index in [-0.39, 0.29) is 12.1 Å². The summed E-state index contributed by atoms with van der Waals surface area (Å²) in [5.74, 6) is 0. The summed E-state index contributed by atoms with van der Waals surface area (Å²) in [5, 5.41) is 0. The van der Waals surface area contributed by atoms with Crippen LogP contribution in [0.15, 0.2) is 0 Å². The van der Waals surface area contributed by atoms with Crippen molar-refractivity contribution in [3.05, 3.63) is 0 Å². The summed E-state index contributed by atoms with van der Waals surface area (Å²) in [7, 11) is 0. The highest BCUT2D eigenvalue weighted by Crippen LogP contribution is 2.14. The number of hydrogen-bond acceptors (Lipinski definition) is 2. The third kappa shape index (κ3) is 1.20. The maximum atomic E-state index is 5.65. The Labute approximate surface area is 50.2 Å². The molecule has 0 spiro atoms. The van der Waals surface area contributed by atoms with Gasteiger partial charge in [-0.15, -0.1) is 0 Å². The summed E-state index contributed by atoms with van der Waals surface area (Å²) in [4.78, 5) is 0. The van der Waals surface area contributed by atoms with Crippen molar-refractivity contribution in [3.63, 3.8) is 0 Å². The van der Waals surface area contributed by atoms with E-state index in [1.165, 1.54) is 12.8 Å². The van der Waals surface area contributed by atoms with Gasteiger partial charge in [0, 0.05) is 12.1 Å². The van der Waals surface area contributed by atoms with Gasteiger partial charge in [-0.3, -0.25) is 0 Å². The lowest BCUT2D eigenvalue weighted by Gasteiger charge is -2.24. The molecule has 1 rings (SSSR count). The molecule has 1 aliphatic rings. The average Bonchev–Trinajstić information content (AvgIpc) is 1.77. The average molecular weight is 114 g/mol. The van der Waals surface area contributed by atoms with Gasteiger partial charge >= 0.3 is 0 Å². The second-order valence-corrected chi connectivity index (χ2v) is 2.61. The SMILES string of the molecule is NC1CCCC[C@@H]1N. The highest BCUT2D eigenvalue weighted by molar-refractivity contribution is 4.79. The maximum Gasteiger partial charge on any atom is 0.0192 e. The zero-order chi connectivity index (χ0) is 5.98. The van der Waals surface area contributed by atoms with Crippen LogP contribution >= 0.6 is 0 Å². The van der Waals surface area contributed by atoms with Gasteiger partial charge in [0.1, 0.15) is 0 Å². The third-order valence-electron chi connectivity index (χ3n) is 1.87. The van der Waals surface area contributed by atoms with E-state index in [2.05, 4.69) is 0 Å². The minimum atomic E-state index is 0.281. The first kappa shape index (κ1) is 6.05. The molecule has 4 N–H and O–H groups in total. The molecule has 2 heteroatoms. The molecule has 1 saturated carbocycles. The van der Waals surface area contributed by atoms with Crippen LogP contribution in [0.3, 0.4) is 0 Å². The Morgan fingerprint density at radius 3 is 1.50 bits per heavy atom. The fraction of sp³-hybridized carbons (Fsp3) is 1.00. The zero-order valence-electron chi connectivity index (χ0n) is 5.14. The Morgan fingerprint density at radius 1 is 0.875 bits per heavy atom. The quantitative estimate of drug-likeness (QED) is 0.473. The highest BCUT2D eigenvalue weighted by atomic mass is 14.8. The van der Waals surface area contributed by atoms with E-state index in [0.29, 0.717) is 0 Å². The Balaban J connectivity index is 2.28. The van der Waals surface area contributed by atoms with Gasteiger partial charge in [-0.1, -0.05) is 12.8 Å². The van der Waals surface area contributed by atoms with E-state index in [4.69, 9.17) is 11.5 Å². The predicted octanol–water partition coefficient (Wildman–Crippen LogP) is 0.215. The fourth-order valence-electron chi connectivity index (χ4n) is 1.19. The molecule has 48 valence electrons. The van der Waals surface area contributed by atoms with Gasteiger partial charge in [-0.25, -0.2) is 0 Å². The standard InChI is InChI=1S/C6H14N2/c7-5-3-1-2-4-6(5)8/h5-6H,1-4,7-8H2/t5-,6?/m0/s1. The Hall–Kier alpha value is -0.0800. The lowest BCUT2D eigenvalue weighted by atomic mass is 9.92. The largest absolute Gasteiger partial charge is 0.326 e. The Kier molecular flexibility index (Phi) is 1.86. The van der Waals surface area contributed by atoms with Crippen LogP contribution in [0.25, 0.3) is 0 Å². The Morgan fingerprint density at radius 2 is 1.25 bits per heavy atom. The van der Waals surface area contributed by atoms with Crippen LogP contribution in [0.4, 0.5) is 0 Å². The van der Waals surface area contributed by atoms with Crippen LogP contribution < -0.4 is 11.5 Å². The summed E-state index contributed by atoms with van der Waals surface area (Å²) in [6.45, 7) is 0. The summed E-state index contributed by atoms with van der Waals surface area (Å²) < 4.78 is 0. The lowest BCUT2D eigenvalue weighted by Crippen LogP contribution is -2.43. The number of hydrogen-bond donors (Lipinski definition) is 2. The van der Waals surface area contributed by atoms with Crippen LogP contribution in [0.5, 0.6) is 0 Å². The zero-order valence-corrected chi connectivity index (χ0v) is 5.14. The van der Waals surface area contributed by atoms with Crippen molar-refractivity contribution in [2.75, 3.05) is 0 Å². The monoisotopic (exact) mass is 114 g/mol. The first-order chi connectivity index (χ1) is 3.80. The fourth-order valence-corrected chi connectivity index (χ4v) is 1.19. The molecule has 0 bridgehead atoms. The van der Waals surface area contributed by atoms with Crippen molar-refractivity contribution >= 4 is 0 Å². The minimum Gasteiger partial charge on any atom is -0.326 e. The summed E-state index contributed by atoms with van der Waals surface area (Å²) in [6.07, 6.45) is 4.80. The van der Waals surface area contributed by atoms with Crippen molar-refractivity contribution in [1.29, 1.82) is 0 Å². The van der Waals surface area contributed by atoms with Crippen LogP contribution in [0, 0.1) is 0 Å². The van der Waals surface area contributed by atoms with E-state index < -0.39 is 0 Å². The molecule has 0 heterocycles. The lowest BCUT2D eigenvalue weighted by molar-refractivity contribution is 0.385. The molecule has 2 atom stereocenters. The molecule has 1 fully saturated rings. The molecule has 1 unspecified atom stereocenters. The third-order valence-corrected chi connectivity index (χ3v) is 1.87. The molecule has 0 amide bonds. The van der Waals surface area contributed by atoms with Gasteiger partial charge in [0.05, 0.1) is 0 Å². The van der Waals surface area contributed by atoms with Gasteiger partial charge < -0.3 is 11.5 Å². The second kappa shape index (κ2) is 2.46. The van der Waals surface area contributed by atoms with Gasteiger partial charge in [0.2, 0.25) is 0 Å². The van der Waals surface area contributed by atoms with Gasteiger partial charge in [-0.2, -0.15) is 0 Å². The van der Waals surface area contributed by atoms with E-state index in [0.717, 1.165) is 12.8 Å². The van der Waals surface area contributed by atoms with Gasteiger partial charge in [0.25, 0.3) is 0 Å². The van der Waals surface area contributed by atoms with Gasteiger partial charge in [0.15, 0.2) is 0 Å².